The summed E-state index contributed by atoms with van der Waals surface area (Å²) in [5, 5.41) is 58.5. The molecule has 11 heteroatoms. The molecule has 0 bridgehead atoms. The second-order valence-corrected chi connectivity index (χ2v) is 7.12. The van der Waals surface area contributed by atoms with Crippen LogP contribution in [-0.4, -0.2) is 79.9 Å². The Hall–Kier alpha value is -3.64. The van der Waals surface area contributed by atoms with Crippen LogP contribution in [0.1, 0.15) is 15.9 Å². The van der Waals surface area contributed by atoms with Crippen LogP contribution < -0.4 is 0 Å². The highest BCUT2D eigenvalue weighted by atomic mass is 16.7. The van der Waals surface area contributed by atoms with Crippen molar-refractivity contribution in [1.82, 2.24) is 0 Å². The first-order chi connectivity index (χ1) is 15.7. The lowest BCUT2D eigenvalue weighted by Gasteiger charge is -2.40. The van der Waals surface area contributed by atoms with Crippen molar-refractivity contribution in [2.45, 2.75) is 30.7 Å². The molecule has 1 saturated heterocycles. The predicted molar refractivity (Wildman–Crippen MR) is 110 cm³/mol. The van der Waals surface area contributed by atoms with E-state index in [1.165, 1.54) is 6.08 Å². The van der Waals surface area contributed by atoms with Crippen molar-refractivity contribution in [3.63, 3.8) is 0 Å². The topological polar surface area (TPSA) is 183 Å². The molecule has 1 fully saturated rings. The largest absolute Gasteiger partial charge is 0.504 e. The van der Waals surface area contributed by atoms with Crippen LogP contribution in [0.25, 0.3) is 6.08 Å². The molecular formula is C22H22O11. The summed E-state index contributed by atoms with van der Waals surface area (Å²) >= 11 is 0. The van der Waals surface area contributed by atoms with Gasteiger partial charge in [0, 0.05) is 6.08 Å². The van der Waals surface area contributed by atoms with Crippen LogP contribution in [0, 0.1) is 0 Å². The van der Waals surface area contributed by atoms with Crippen LogP contribution in [0.5, 0.6) is 17.2 Å². The highest BCUT2D eigenvalue weighted by molar-refractivity contribution is 5.91. The molecule has 2 aromatic carbocycles. The van der Waals surface area contributed by atoms with E-state index in [2.05, 4.69) is 0 Å². The maximum absolute atomic E-state index is 12.5. The minimum Gasteiger partial charge on any atom is -0.504 e. The average Bonchev–Trinajstić information content (AvgIpc) is 2.81. The van der Waals surface area contributed by atoms with Crippen molar-refractivity contribution in [2.75, 3.05) is 6.61 Å². The molecule has 11 nitrogen and oxygen atoms in total. The van der Waals surface area contributed by atoms with Gasteiger partial charge in [-0.25, -0.2) is 9.59 Å². The van der Waals surface area contributed by atoms with E-state index in [0.717, 1.165) is 18.2 Å². The number of rotatable bonds is 6. The summed E-state index contributed by atoms with van der Waals surface area (Å²) in [7, 11) is 0. The number of phenolic OH excluding ortho intramolecular Hbond substituents is 3. The number of benzene rings is 2. The Morgan fingerprint density at radius 1 is 0.970 bits per heavy atom. The number of phenols is 3. The molecule has 0 amide bonds. The molecule has 0 aliphatic carbocycles. The third kappa shape index (κ3) is 5.59. The van der Waals surface area contributed by atoms with Crippen molar-refractivity contribution < 1.29 is 54.4 Å². The number of aromatic hydroxyl groups is 3. The summed E-state index contributed by atoms with van der Waals surface area (Å²) in [5.74, 6) is -4.58. The summed E-state index contributed by atoms with van der Waals surface area (Å²) in [6, 6.07) is 10.4. The summed E-state index contributed by atoms with van der Waals surface area (Å²) in [6.45, 7) is -0.748. The zero-order valence-corrected chi connectivity index (χ0v) is 17.0. The first kappa shape index (κ1) is 24.0. The number of aliphatic hydroxyl groups is 3. The molecular weight excluding hydrogens is 440 g/mol. The molecule has 0 aromatic heterocycles. The van der Waals surface area contributed by atoms with Crippen LogP contribution in [0.2, 0.25) is 0 Å². The fourth-order valence-electron chi connectivity index (χ4n) is 3.07. The summed E-state index contributed by atoms with van der Waals surface area (Å²) in [4.78, 5) is 24.8. The van der Waals surface area contributed by atoms with Gasteiger partial charge in [-0.15, -0.1) is 0 Å². The maximum Gasteiger partial charge on any atom is 0.340 e. The number of aliphatic hydroxyl groups excluding tert-OH is 3. The smallest absolute Gasteiger partial charge is 0.340 e. The SMILES string of the molecule is O=C(/C=C/c1ccccc1)O[C@H]1[C@H](OC(=O)c2cc(O)c(O)c(O)c2)O[C@H](CO)[C@@H](O)[C@H]1O. The second-order valence-electron chi connectivity index (χ2n) is 7.12. The molecule has 0 unspecified atom stereocenters. The van der Waals surface area contributed by atoms with Gasteiger partial charge in [0.05, 0.1) is 12.2 Å². The van der Waals surface area contributed by atoms with Gasteiger partial charge in [-0.05, 0) is 23.8 Å². The van der Waals surface area contributed by atoms with Gasteiger partial charge in [0.1, 0.15) is 18.3 Å². The van der Waals surface area contributed by atoms with Crippen LogP contribution >= 0.6 is 0 Å². The number of ether oxygens (including phenoxy) is 3. The number of esters is 2. The zero-order chi connectivity index (χ0) is 24.1. The van der Waals surface area contributed by atoms with E-state index < -0.39 is 72.1 Å². The van der Waals surface area contributed by atoms with Gasteiger partial charge in [0.15, 0.2) is 23.4 Å². The standard InChI is InChI=1S/C22H22O11/c23-10-15-18(28)19(29)20(32-16(26)7-6-11-4-2-1-3-5-11)22(31-15)33-21(30)12-8-13(24)17(27)14(25)9-12/h1-9,15,18-20,22-25,27-29H,10H2/b7-6+/t15-,18-,19-,20-,22+/m1/s1. The van der Waals surface area contributed by atoms with E-state index in [0.29, 0.717) is 5.56 Å². The molecule has 1 aliphatic heterocycles. The molecule has 1 heterocycles. The van der Waals surface area contributed by atoms with E-state index in [1.54, 1.807) is 30.3 Å². The Kier molecular flexibility index (Phi) is 7.51. The van der Waals surface area contributed by atoms with Gasteiger partial charge in [-0.1, -0.05) is 30.3 Å². The van der Waals surface area contributed by atoms with Crippen molar-refractivity contribution in [2.24, 2.45) is 0 Å². The number of hydrogen-bond donors (Lipinski definition) is 6. The van der Waals surface area contributed by atoms with Crippen molar-refractivity contribution in [3.8, 4) is 17.2 Å². The molecule has 0 saturated carbocycles. The lowest BCUT2D eigenvalue weighted by molar-refractivity contribution is -0.288. The Bertz CT molecular complexity index is 997. The first-order valence-electron chi connectivity index (χ1n) is 9.73. The molecule has 33 heavy (non-hydrogen) atoms. The molecule has 0 radical (unpaired) electrons. The monoisotopic (exact) mass is 462 g/mol. The van der Waals surface area contributed by atoms with Crippen LogP contribution in [0.15, 0.2) is 48.5 Å². The van der Waals surface area contributed by atoms with Gasteiger partial charge >= 0.3 is 11.9 Å². The molecule has 0 spiro atoms. The van der Waals surface area contributed by atoms with Crippen molar-refractivity contribution in [1.29, 1.82) is 0 Å². The fourth-order valence-corrected chi connectivity index (χ4v) is 3.07. The van der Waals surface area contributed by atoms with E-state index in [1.807, 2.05) is 0 Å². The normalized spacial score (nSPS) is 25.0. The van der Waals surface area contributed by atoms with Gasteiger partial charge in [0.2, 0.25) is 6.29 Å². The zero-order valence-electron chi connectivity index (χ0n) is 17.0. The van der Waals surface area contributed by atoms with Gasteiger partial charge in [0.25, 0.3) is 0 Å². The number of carbonyl (C=O) groups is 2. The van der Waals surface area contributed by atoms with Crippen LogP contribution in [0.3, 0.4) is 0 Å². The van der Waals surface area contributed by atoms with E-state index in [9.17, 15) is 40.2 Å². The Balaban J connectivity index is 1.79. The summed E-state index contributed by atoms with van der Waals surface area (Å²) in [5.41, 5.74) is 0.284. The molecule has 176 valence electrons. The third-order valence-corrected chi connectivity index (χ3v) is 4.82. The molecule has 1 aliphatic rings. The highest BCUT2D eigenvalue weighted by Gasteiger charge is 2.48. The predicted octanol–water partition coefficient (Wildman–Crippen LogP) is 0.0244. The number of carbonyl (C=O) groups excluding carboxylic acids is 2. The Morgan fingerprint density at radius 3 is 2.21 bits per heavy atom. The van der Waals surface area contributed by atoms with E-state index >= 15 is 0 Å². The molecule has 6 N–H and O–H groups in total. The van der Waals surface area contributed by atoms with Gasteiger partial charge < -0.3 is 44.8 Å². The summed E-state index contributed by atoms with van der Waals surface area (Å²) in [6.07, 6.45) is -5.77. The third-order valence-electron chi connectivity index (χ3n) is 4.82. The lowest BCUT2D eigenvalue weighted by Crippen LogP contribution is -2.60. The van der Waals surface area contributed by atoms with E-state index in [-0.39, 0.29) is 0 Å². The minimum absolute atomic E-state index is 0.401. The van der Waals surface area contributed by atoms with Gasteiger partial charge in [-0.2, -0.15) is 0 Å². The molecule has 5 atom stereocenters. The average molecular weight is 462 g/mol. The van der Waals surface area contributed by atoms with Crippen LogP contribution in [0.4, 0.5) is 0 Å². The number of hydrogen-bond acceptors (Lipinski definition) is 11. The molecule has 3 rings (SSSR count). The second kappa shape index (κ2) is 10.3. The van der Waals surface area contributed by atoms with Gasteiger partial charge in [-0.3, -0.25) is 0 Å². The van der Waals surface area contributed by atoms with Crippen LogP contribution in [-0.2, 0) is 19.0 Å². The minimum atomic E-state index is -1.79. The van der Waals surface area contributed by atoms with E-state index in [4.69, 9.17) is 14.2 Å². The quantitative estimate of drug-likeness (QED) is 0.193. The molecule has 2 aromatic rings. The lowest BCUT2D eigenvalue weighted by atomic mass is 9.99. The summed E-state index contributed by atoms with van der Waals surface area (Å²) < 4.78 is 15.5. The van der Waals surface area contributed by atoms with Crippen molar-refractivity contribution in [3.05, 3.63) is 59.7 Å². The Labute approximate surface area is 187 Å². The fraction of sp³-hybridized carbons (Fsp3) is 0.273. The Morgan fingerprint density at radius 2 is 1.61 bits per heavy atom. The van der Waals surface area contributed by atoms with Crippen molar-refractivity contribution >= 4 is 18.0 Å². The first-order valence-corrected chi connectivity index (χ1v) is 9.73. The highest BCUT2D eigenvalue weighted by Crippen LogP contribution is 2.36. The maximum atomic E-state index is 12.5.